The summed E-state index contributed by atoms with van der Waals surface area (Å²) in [5.41, 5.74) is 4.76. The van der Waals surface area contributed by atoms with Crippen LogP contribution in [0.25, 0.3) is 33.2 Å². The Kier molecular flexibility index (Phi) is 3.94. The molecule has 1 aliphatic rings. The van der Waals surface area contributed by atoms with Gasteiger partial charge in [-0.05, 0) is 50.7 Å². The highest BCUT2D eigenvalue weighted by molar-refractivity contribution is 5.95. The van der Waals surface area contributed by atoms with Gasteiger partial charge in [-0.25, -0.2) is 4.98 Å². The number of aromatic nitrogens is 5. The first kappa shape index (κ1) is 16.1. The topological polar surface area (TPSA) is 82.6 Å². The van der Waals surface area contributed by atoms with Crippen LogP contribution in [0, 0.1) is 0 Å². The van der Waals surface area contributed by atoms with Crippen LogP contribution in [0.3, 0.4) is 0 Å². The van der Waals surface area contributed by atoms with E-state index in [-0.39, 0.29) is 0 Å². The number of benzene rings is 1. The van der Waals surface area contributed by atoms with E-state index < -0.39 is 0 Å². The van der Waals surface area contributed by atoms with Crippen LogP contribution in [0.4, 0.5) is 5.95 Å². The highest BCUT2D eigenvalue weighted by Crippen LogP contribution is 2.29. The summed E-state index contributed by atoms with van der Waals surface area (Å²) in [5.74, 6) is 0.690. The molecule has 0 radical (unpaired) electrons. The van der Waals surface area contributed by atoms with E-state index in [1.54, 1.807) is 12.4 Å². The summed E-state index contributed by atoms with van der Waals surface area (Å²) in [6.07, 6.45) is 9.53. The number of fused-ring (bicyclic) bond motifs is 2. The van der Waals surface area contributed by atoms with Crippen LogP contribution >= 0.6 is 0 Å². The van der Waals surface area contributed by atoms with Gasteiger partial charge in [0.1, 0.15) is 5.65 Å². The number of H-pyrrole nitrogens is 1. The number of anilines is 1. The third-order valence-electron chi connectivity index (χ3n) is 5.26. The molecule has 0 saturated carbocycles. The zero-order chi connectivity index (χ0) is 18.2. The van der Waals surface area contributed by atoms with E-state index in [0.29, 0.717) is 12.0 Å². The number of nitrogens with one attached hydrogen (secondary N) is 2. The summed E-state index contributed by atoms with van der Waals surface area (Å²) in [6.45, 7) is 2.22. The second-order valence-electron chi connectivity index (χ2n) is 7.14. The summed E-state index contributed by atoms with van der Waals surface area (Å²) in [6, 6.07) is 6.54. The summed E-state index contributed by atoms with van der Waals surface area (Å²) < 4.78 is 0. The highest BCUT2D eigenvalue weighted by Gasteiger charge is 2.18. The maximum atomic E-state index is 4.68. The fourth-order valence-corrected chi connectivity index (χ4v) is 3.68. The summed E-state index contributed by atoms with van der Waals surface area (Å²) >= 11 is 0. The van der Waals surface area contributed by atoms with E-state index in [4.69, 9.17) is 0 Å². The molecule has 136 valence electrons. The number of rotatable bonds is 3. The molecule has 27 heavy (non-hydrogen) atoms. The lowest BCUT2D eigenvalue weighted by Crippen LogP contribution is -2.37. The van der Waals surface area contributed by atoms with Crippen LogP contribution < -0.4 is 5.32 Å². The second kappa shape index (κ2) is 6.59. The van der Waals surface area contributed by atoms with Crippen molar-refractivity contribution < 1.29 is 0 Å². The average molecular weight is 359 g/mol. The molecular weight excluding hydrogens is 338 g/mol. The Hall–Kier alpha value is -3.06. The minimum atomic E-state index is 0.437. The summed E-state index contributed by atoms with van der Waals surface area (Å²) in [7, 11) is 2.16. The Morgan fingerprint density at radius 3 is 2.74 bits per heavy atom. The Labute approximate surface area is 156 Å². The lowest BCUT2D eigenvalue weighted by molar-refractivity contribution is 0.263. The largest absolute Gasteiger partial charge is 0.351 e. The molecule has 4 aromatic rings. The SMILES string of the molecule is CN1CCC(Nc2ncc3c(-c4ccc5nccnc5c4)c[nH]c3n2)CC1. The molecule has 2 N–H and O–H groups in total. The molecular formula is C20H21N7. The van der Waals surface area contributed by atoms with Gasteiger partial charge in [0.2, 0.25) is 5.95 Å². The van der Waals surface area contributed by atoms with Crippen molar-refractivity contribution in [3.05, 3.63) is 43.0 Å². The molecule has 1 aliphatic heterocycles. The van der Waals surface area contributed by atoms with Crippen LogP contribution in [-0.4, -0.2) is 56.0 Å². The van der Waals surface area contributed by atoms with Crippen molar-refractivity contribution in [2.75, 3.05) is 25.5 Å². The molecule has 5 rings (SSSR count). The standard InChI is InChI=1S/C20H21N7/c1-27-8-4-14(5-9-27)25-20-24-12-16-15(11-23-19(16)26-20)13-2-3-17-18(10-13)22-7-6-21-17/h2-3,6-7,10-12,14H,4-5,8-9H2,1H3,(H2,23,24,25,26). The number of hydrogen-bond donors (Lipinski definition) is 2. The van der Waals surface area contributed by atoms with Crippen molar-refractivity contribution in [3.63, 3.8) is 0 Å². The second-order valence-corrected chi connectivity index (χ2v) is 7.14. The lowest BCUT2D eigenvalue weighted by Gasteiger charge is -2.29. The number of aromatic amines is 1. The summed E-state index contributed by atoms with van der Waals surface area (Å²) in [4.78, 5) is 23.6. The average Bonchev–Trinajstić information content (AvgIpc) is 3.12. The van der Waals surface area contributed by atoms with E-state index in [0.717, 1.165) is 59.1 Å². The Bertz CT molecular complexity index is 1100. The number of piperidine rings is 1. The van der Waals surface area contributed by atoms with Crippen LogP contribution in [0.15, 0.2) is 43.0 Å². The quantitative estimate of drug-likeness (QED) is 0.585. The lowest BCUT2D eigenvalue weighted by atomic mass is 10.1. The van der Waals surface area contributed by atoms with E-state index >= 15 is 0 Å². The van der Waals surface area contributed by atoms with Crippen molar-refractivity contribution in [2.45, 2.75) is 18.9 Å². The molecule has 0 spiro atoms. The van der Waals surface area contributed by atoms with Crippen LogP contribution in [0.5, 0.6) is 0 Å². The molecule has 1 aromatic carbocycles. The van der Waals surface area contributed by atoms with Gasteiger partial charge in [-0.3, -0.25) is 9.97 Å². The fraction of sp³-hybridized carbons (Fsp3) is 0.300. The molecule has 7 nitrogen and oxygen atoms in total. The monoisotopic (exact) mass is 359 g/mol. The van der Waals surface area contributed by atoms with Crippen molar-refractivity contribution >= 4 is 28.0 Å². The first-order valence-corrected chi connectivity index (χ1v) is 9.26. The minimum absolute atomic E-state index is 0.437. The van der Waals surface area contributed by atoms with Crippen molar-refractivity contribution in [1.82, 2.24) is 29.8 Å². The van der Waals surface area contributed by atoms with Crippen LogP contribution in [0.1, 0.15) is 12.8 Å². The normalized spacial score (nSPS) is 16.2. The molecule has 7 heteroatoms. The number of nitrogens with zero attached hydrogens (tertiary/aromatic N) is 5. The van der Waals surface area contributed by atoms with Gasteiger partial charge in [0.05, 0.1) is 11.0 Å². The molecule has 0 aliphatic carbocycles. The summed E-state index contributed by atoms with van der Waals surface area (Å²) in [5, 5.41) is 4.49. The van der Waals surface area contributed by atoms with Crippen molar-refractivity contribution in [2.24, 2.45) is 0 Å². The van der Waals surface area contributed by atoms with Gasteiger partial charge in [0.25, 0.3) is 0 Å². The molecule has 0 unspecified atom stereocenters. The van der Waals surface area contributed by atoms with Crippen molar-refractivity contribution in [3.8, 4) is 11.1 Å². The van der Waals surface area contributed by atoms with Crippen LogP contribution in [-0.2, 0) is 0 Å². The third-order valence-corrected chi connectivity index (χ3v) is 5.26. The molecule has 0 atom stereocenters. The van der Waals surface area contributed by atoms with E-state index in [1.165, 1.54) is 0 Å². The fourth-order valence-electron chi connectivity index (χ4n) is 3.68. The minimum Gasteiger partial charge on any atom is -0.351 e. The maximum Gasteiger partial charge on any atom is 0.224 e. The third kappa shape index (κ3) is 3.10. The van der Waals surface area contributed by atoms with Gasteiger partial charge in [-0.1, -0.05) is 6.07 Å². The molecule has 0 bridgehead atoms. The van der Waals surface area contributed by atoms with E-state index in [1.807, 2.05) is 18.5 Å². The number of likely N-dealkylation sites (tertiary alicyclic amines) is 1. The predicted molar refractivity (Wildman–Crippen MR) is 107 cm³/mol. The van der Waals surface area contributed by atoms with Gasteiger partial charge in [-0.2, -0.15) is 4.98 Å². The first-order valence-electron chi connectivity index (χ1n) is 9.26. The van der Waals surface area contributed by atoms with Gasteiger partial charge >= 0.3 is 0 Å². The predicted octanol–water partition coefficient (Wildman–Crippen LogP) is 3.07. The molecule has 0 amide bonds. The van der Waals surface area contributed by atoms with Gasteiger partial charge in [0.15, 0.2) is 0 Å². The van der Waals surface area contributed by atoms with E-state index in [9.17, 15) is 0 Å². The Balaban J connectivity index is 1.44. The van der Waals surface area contributed by atoms with Gasteiger partial charge < -0.3 is 15.2 Å². The van der Waals surface area contributed by atoms with Gasteiger partial charge in [0, 0.05) is 41.8 Å². The zero-order valence-corrected chi connectivity index (χ0v) is 15.2. The Morgan fingerprint density at radius 1 is 1.07 bits per heavy atom. The van der Waals surface area contributed by atoms with E-state index in [2.05, 4.69) is 54.3 Å². The molecule has 3 aromatic heterocycles. The number of hydrogen-bond acceptors (Lipinski definition) is 6. The van der Waals surface area contributed by atoms with Gasteiger partial charge in [-0.15, -0.1) is 0 Å². The zero-order valence-electron chi connectivity index (χ0n) is 15.2. The maximum absolute atomic E-state index is 4.68. The molecule has 1 saturated heterocycles. The highest BCUT2D eigenvalue weighted by atomic mass is 15.2. The Morgan fingerprint density at radius 2 is 1.89 bits per heavy atom. The molecule has 4 heterocycles. The molecule has 1 fully saturated rings. The van der Waals surface area contributed by atoms with Crippen LogP contribution in [0.2, 0.25) is 0 Å². The van der Waals surface area contributed by atoms with Crippen molar-refractivity contribution in [1.29, 1.82) is 0 Å². The smallest absolute Gasteiger partial charge is 0.224 e. The first-order chi connectivity index (χ1) is 13.3.